The molecule has 0 atom stereocenters. The third-order valence-electron chi connectivity index (χ3n) is 3.68. The molecule has 0 fully saturated rings. The molecule has 0 radical (unpaired) electrons. The standard InChI is InChI=1S/C19H16O6/c1-11(20)18-13(5-3-7-15(18)16(21)10-17(22)23)8-12-4-2-6-14(9-12)19(24)25/h2-7,9H,8,10H2,1H3,(H,22,23)(H,24,25). The Kier molecular flexibility index (Phi) is 5.44. The molecule has 2 aromatic carbocycles. The van der Waals surface area contributed by atoms with Gasteiger partial charge in [0.2, 0.25) is 0 Å². The van der Waals surface area contributed by atoms with Crippen LogP contribution in [0.2, 0.25) is 0 Å². The largest absolute Gasteiger partial charge is 0.481 e. The SMILES string of the molecule is CC(=O)c1c(Cc2cccc(C(=O)O)c2)cccc1C(=O)CC(=O)O. The number of hydrogen-bond donors (Lipinski definition) is 2. The number of carboxylic acid groups (broad SMARTS) is 2. The smallest absolute Gasteiger partial charge is 0.335 e. The first-order valence-corrected chi connectivity index (χ1v) is 7.49. The first-order valence-electron chi connectivity index (χ1n) is 7.49. The molecule has 0 aliphatic carbocycles. The predicted octanol–water partition coefficient (Wildman–Crippen LogP) is 2.84. The Bertz CT molecular complexity index is 866. The van der Waals surface area contributed by atoms with E-state index in [0.717, 1.165) is 0 Å². The maximum atomic E-state index is 12.1. The normalized spacial score (nSPS) is 10.3. The summed E-state index contributed by atoms with van der Waals surface area (Å²) < 4.78 is 0. The second-order valence-corrected chi connectivity index (χ2v) is 5.57. The van der Waals surface area contributed by atoms with Crippen molar-refractivity contribution in [2.45, 2.75) is 19.8 Å². The maximum Gasteiger partial charge on any atom is 0.335 e. The number of benzene rings is 2. The number of rotatable bonds is 7. The van der Waals surface area contributed by atoms with Gasteiger partial charge in [0.05, 0.1) is 5.56 Å². The summed E-state index contributed by atoms with van der Waals surface area (Å²) in [5.74, 6) is -3.31. The zero-order valence-electron chi connectivity index (χ0n) is 13.5. The van der Waals surface area contributed by atoms with Gasteiger partial charge in [-0.25, -0.2) is 4.79 Å². The van der Waals surface area contributed by atoms with Crippen LogP contribution >= 0.6 is 0 Å². The van der Waals surface area contributed by atoms with Gasteiger partial charge in [0, 0.05) is 11.1 Å². The number of carbonyl (C=O) groups excluding carboxylic acids is 2. The summed E-state index contributed by atoms with van der Waals surface area (Å²) >= 11 is 0. The van der Waals surface area contributed by atoms with Crippen molar-refractivity contribution in [1.29, 1.82) is 0 Å². The number of Topliss-reactive ketones (excluding diaryl/α,β-unsaturated/α-hetero) is 2. The molecule has 0 saturated heterocycles. The Labute approximate surface area is 143 Å². The summed E-state index contributed by atoms with van der Waals surface area (Å²) in [4.78, 5) is 46.0. The molecule has 0 amide bonds. The first kappa shape index (κ1) is 18.1. The molecular formula is C19H16O6. The molecule has 0 saturated carbocycles. The Morgan fingerprint density at radius 2 is 1.64 bits per heavy atom. The number of hydrogen-bond acceptors (Lipinski definition) is 4. The molecule has 0 heterocycles. The summed E-state index contributed by atoms with van der Waals surface area (Å²) in [5.41, 5.74) is 1.59. The predicted molar refractivity (Wildman–Crippen MR) is 89.2 cm³/mol. The molecule has 6 nitrogen and oxygen atoms in total. The molecule has 0 spiro atoms. The summed E-state index contributed by atoms with van der Waals surface area (Å²) in [6.45, 7) is 1.31. The third-order valence-corrected chi connectivity index (χ3v) is 3.68. The van der Waals surface area contributed by atoms with Crippen molar-refractivity contribution in [2.24, 2.45) is 0 Å². The summed E-state index contributed by atoms with van der Waals surface area (Å²) in [7, 11) is 0. The van der Waals surface area contributed by atoms with Crippen LogP contribution in [0.4, 0.5) is 0 Å². The van der Waals surface area contributed by atoms with Crippen LogP contribution in [0, 0.1) is 0 Å². The van der Waals surface area contributed by atoms with E-state index >= 15 is 0 Å². The lowest BCUT2D eigenvalue weighted by Gasteiger charge is -2.12. The maximum absolute atomic E-state index is 12.1. The number of aromatic carboxylic acids is 1. The van der Waals surface area contributed by atoms with Gasteiger partial charge >= 0.3 is 11.9 Å². The van der Waals surface area contributed by atoms with E-state index in [1.165, 1.54) is 25.1 Å². The minimum atomic E-state index is -1.26. The van der Waals surface area contributed by atoms with E-state index in [9.17, 15) is 19.2 Å². The lowest BCUT2D eigenvalue weighted by Crippen LogP contribution is -2.14. The molecule has 2 N–H and O–H groups in total. The fraction of sp³-hybridized carbons (Fsp3) is 0.158. The Morgan fingerprint density at radius 1 is 0.960 bits per heavy atom. The van der Waals surface area contributed by atoms with Crippen LogP contribution in [0.15, 0.2) is 42.5 Å². The van der Waals surface area contributed by atoms with Gasteiger partial charge in [-0.1, -0.05) is 30.3 Å². The molecule has 6 heteroatoms. The van der Waals surface area contributed by atoms with Crippen molar-refractivity contribution in [3.8, 4) is 0 Å². The van der Waals surface area contributed by atoms with Crippen molar-refractivity contribution in [3.05, 3.63) is 70.3 Å². The second kappa shape index (κ2) is 7.53. The molecule has 0 aliphatic rings. The van der Waals surface area contributed by atoms with Gasteiger partial charge in [-0.3, -0.25) is 14.4 Å². The van der Waals surface area contributed by atoms with Crippen molar-refractivity contribution in [1.82, 2.24) is 0 Å². The van der Waals surface area contributed by atoms with Crippen LogP contribution in [0.1, 0.15) is 55.5 Å². The molecule has 0 unspecified atom stereocenters. The zero-order valence-corrected chi connectivity index (χ0v) is 13.5. The lowest BCUT2D eigenvalue weighted by molar-refractivity contribution is -0.135. The van der Waals surface area contributed by atoms with Crippen LogP contribution in [-0.2, 0) is 11.2 Å². The van der Waals surface area contributed by atoms with E-state index in [0.29, 0.717) is 11.1 Å². The number of ketones is 2. The number of carboxylic acids is 2. The van der Waals surface area contributed by atoms with E-state index in [1.807, 2.05) is 0 Å². The van der Waals surface area contributed by atoms with Gasteiger partial charge < -0.3 is 10.2 Å². The number of aliphatic carboxylic acids is 1. The van der Waals surface area contributed by atoms with Crippen LogP contribution in [0.25, 0.3) is 0 Å². The van der Waals surface area contributed by atoms with Crippen LogP contribution in [0.5, 0.6) is 0 Å². The molecule has 2 aromatic rings. The van der Waals surface area contributed by atoms with Gasteiger partial charge in [0.1, 0.15) is 6.42 Å². The van der Waals surface area contributed by atoms with Crippen LogP contribution < -0.4 is 0 Å². The minimum absolute atomic E-state index is 0.0711. The van der Waals surface area contributed by atoms with Crippen molar-refractivity contribution < 1.29 is 29.4 Å². The van der Waals surface area contributed by atoms with Gasteiger partial charge in [0.15, 0.2) is 11.6 Å². The van der Waals surface area contributed by atoms with Gasteiger partial charge in [-0.15, -0.1) is 0 Å². The molecular weight excluding hydrogens is 324 g/mol. The molecule has 0 aliphatic heterocycles. The van der Waals surface area contributed by atoms with Crippen molar-refractivity contribution >= 4 is 23.5 Å². The first-order chi connectivity index (χ1) is 11.8. The monoisotopic (exact) mass is 340 g/mol. The Hall–Kier alpha value is -3.28. The molecule has 2 rings (SSSR count). The topological polar surface area (TPSA) is 109 Å². The lowest BCUT2D eigenvalue weighted by atomic mass is 9.90. The van der Waals surface area contributed by atoms with Gasteiger partial charge in [-0.2, -0.15) is 0 Å². The van der Waals surface area contributed by atoms with Crippen molar-refractivity contribution in [3.63, 3.8) is 0 Å². The van der Waals surface area contributed by atoms with Gasteiger partial charge in [0.25, 0.3) is 0 Å². The number of carbonyl (C=O) groups is 4. The van der Waals surface area contributed by atoms with Crippen molar-refractivity contribution in [2.75, 3.05) is 0 Å². The van der Waals surface area contributed by atoms with Crippen LogP contribution in [-0.4, -0.2) is 33.7 Å². The van der Waals surface area contributed by atoms with E-state index in [2.05, 4.69) is 0 Å². The summed E-state index contributed by atoms with van der Waals surface area (Å²) in [6, 6.07) is 11.0. The average molecular weight is 340 g/mol. The van der Waals surface area contributed by atoms with E-state index < -0.39 is 24.1 Å². The average Bonchev–Trinajstić information content (AvgIpc) is 2.54. The quantitative estimate of drug-likeness (QED) is 0.592. The highest BCUT2D eigenvalue weighted by atomic mass is 16.4. The fourth-order valence-corrected chi connectivity index (χ4v) is 2.66. The molecule has 128 valence electrons. The highest BCUT2D eigenvalue weighted by Gasteiger charge is 2.20. The molecule has 0 bridgehead atoms. The zero-order chi connectivity index (χ0) is 18.6. The highest BCUT2D eigenvalue weighted by Crippen LogP contribution is 2.21. The Balaban J connectivity index is 2.46. The summed E-state index contributed by atoms with van der Waals surface area (Å²) in [5, 5.41) is 17.9. The van der Waals surface area contributed by atoms with E-state index in [4.69, 9.17) is 10.2 Å². The highest BCUT2D eigenvalue weighted by molar-refractivity contribution is 6.13. The second-order valence-electron chi connectivity index (χ2n) is 5.57. The van der Waals surface area contributed by atoms with Gasteiger partial charge in [-0.05, 0) is 36.6 Å². The Morgan fingerprint density at radius 3 is 2.24 bits per heavy atom. The van der Waals surface area contributed by atoms with Crippen LogP contribution in [0.3, 0.4) is 0 Å². The van der Waals surface area contributed by atoms with E-state index in [1.54, 1.807) is 24.3 Å². The minimum Gasteiger partial charge on any atom is -0.481 e. The summed E-state index contributed by atoms with van der Waals surface area (Å²) in [6.07, 6.45) is -0.442. The fourth-order valence-electron chi connectivity index (χ4n) is 2.66. The van der Waals surface area contributed by atoms with E-state index in [-0.39, 0.29) is 28.9 Å². The molecule has 25 heavy (non-hydrogen) atoms. The molecule has 0 aromatic heterocycles. The third kappa shape index (κ3) is 4.38.